The molecule has 2 aromatic heterocycles. The fourth-order valence-corrected chi connectivity index (χ4v) is 4.38. The summed E-state index contributed by atoms with van der Waals surface area (Å²) in [6, 6.07) is 6.49. The largest absolute Gasteiger partial charge is 0.490 e. The van der Waals surface area contributed by atoms with Crippen molar-refractivity contribution in [1.29, 1.82) is 0 Å². The fraction of sp³-hybridized carbons (Fsp3) is 0.400. The highest BCUT2D eigenvalue weighted by Crippen LogP contribution is 2.35. The van der Waals surface area contributed by atoms with E-state index in [0.717, 1.165) is 60.6 Å². The molecule has 0 amide bonds. The van der Waals surface area contributed by atoms with Gasteiger partial charge in [0, 0.05) is 37.0 Å². The zero-order valence-electron chi connectivity index (χ0n) is 19.5. The van der Waals surface area contributed by atoms with E-state index >= 15 is 0 Å². The molecule has 0 bridgehead atoms. The predicted octanol–water partition coefficient (Wildman–Crippen LogP) is 4.90. The molecular weight excluding hydrogens is 419 g/mol. The molecule has 1 saturated carbocycles. The van der Waals surface area contributed by atoms with Crippen molar-refractivity contribution in [3.05, 3.63) is 59.6 Å². The number of nitrogens with one attached hydrogen (secondary N) is 1. The van der Waals surface area contributed by atoms with Gasteiger partial charge in [-0.15, -0.1) is 0 Å². The van der Waals surface area contributed by atoms with Gasteiger partial charge in [-0.05, 0) is 70.5 Å². The van der Waals surface area contributed by atoms with Crippen LogP contribution < -0.4 is 10.1 Å². The number of rotatable bonds is 8. The molecule has 2 heterocycles. The molecule has 8 heteroatoms. The van der Waals surface area contributed by atoms with Crippen molar-refractivity contribution >= 4 is 12.8 Å². The van der Waals surface area contributed by atoms with Gasteiger partial charge >= 0.3 is 0 Å². The molecule has 0 unspecified atom stereocenters. The maximum Gasteiger partial charge on any atom is 0.127 e. The van der Waals surface area contributed by atoms with E-state index in [4.69, 9.17) is 9.84 Å². The molecule has 1 fully saturated rings. The van der Waals surface area contributed by atoms with Gasteiger partial charge in [0.05, 0.1) is 29.7 Å². The van der Waals surface area contributed by atoms with Crippen molar-refractivity contribution < 1.29 is 9.13 Å². The molecule has 0 saturated heterocycles. The van der Waals surface area contributed by atoms with Crippen molar-refractivity contribution in [2.45, 2.75) is 51.7 Å². The smallest absolute Gasteiger partial charge is 0.127 e. The second-order valence-corrected chi connectivity index (χ2v) is 8.43. The number of aryl methyl sites for hydroxylation is 1. The van der Waals surface area contributed by atoms with Gasteiger partial charge < -0.3 is 10.1 Å². The van der Waals surface area contributed by atoms with Gasteiger partial charge in [0.25, 0.3) is 0 Å². The second kappa shape index (κ2) is 10.0. The maximum absolute atomic E-state index is 13.2. The molecule has 33 heavy (non-hydrogen) atoms. The van der Waals surface area contributed by atoms with Crippen LogP contribution in [0.2, 0.25) is 0 Å². The molecular formula is C25H31FN6O. The van der Waals surface area contributed by atoms with Crippen molar-refractivity contribution in [3.63, 3.8) is 0 Å². The highest BCUT2D eigenvalue weighted by Gasteiger charge is 2.27. The van der Waals surface area contributed by atoms with E-state index in [-0.39, 0.29) is 18.0 Å². The summed E-state index contributed by atoms with van der Waals surface area (Å²) in [5.74, 6) is 1.19. The molecule has 4 rings (SSSR count). The quantitative estimate of drug-likeness (QED) is 0.496. The number of nitrogens with zero attached hydrogens (tertiary/aromatic N) is 5. The molecule has 1 aliphatic rings. The highest BCUT2D eigenvalue weighted by atomic mass is 19.1. The molecule has 1 N–H and O–H groups in total. The number of aliphatic imine (C=N–C) groups is 1. The first-order valence-electron chi connectivity index (χ1n) is 11.4. The molecule has 0 spiro atoms. The summed E-state index contributed by atoms with van der Waals surface area (Å²) in [7, 11) is 1.91. The Morgan fingerprint density at radius 3 is 2.61 bits per heavy atom. The summed E-state index contributed by atoms with van der Waals surface area (Å²) in [4.78, 5) is 4.15. The number of ether oxygens (including phenoxy) is 1. The number of halogens is 1. The van der Waals surface area contributed by atoms with E-state index in [9.17, 15) is 4.39 Å². The van der Waals surface area contributed by atoms with Crippen molar-refractivity contribution in [2.24, 2.45) is 12.0 Å². The first-order chi connectivity index (χ1) is 16.0. The highest BCUT2D eigenvalue weighted by molar-refractivity contribution is 5.68. The standard InChI is InChI=1S/C25H31FN6O/c1-5-28-24(27-3)14-23-17(2)25(18-15-29-31(4)16-18)30-32(23)20-8-12-22(13-9-20)33-21-10-6-19(26)7-11-21/h6-7,10-11,14-16,20,22,28H,3,5,8-9,12-13H2,1-2,4H3/b24-14+. The van der Waals surface area contributed by atoms with E-state index < -0.39 is 0 Å². The second-order valence-electron chi connectivity index (χ2n) is 8.43. The van der Waals surface area contributed by atoms with Crippen LogP contribution in [0.4, 0.5) is 4.39 Å². The summed E-state index contributed by atoms with van der Waals surface area (Å²) in [6.45, 7) is 8.60. The van der Waals surface area contributed by atoms with Crippen molar-refractivity contribution in [2.75, 3.05) is 6.54 Å². The van der Waals surface area contributed by atoms with Crippen LogP contribution in [0.5, 0.6) is 5.75 Å². The molecule has 0 radical (unpaired) electrons. The van der Waals surface area contributed by atoms with Crippen LogP contribution in [0.15, 0.2) is 47.5 Å². The van der Waals surface area contributed by atoms with Crippen LogP contribution >= 0.6 is 0 Å². The summed E-state index contributed by atoms with van der Waals surface area (Å²) >= 11 is 0. The molecule has 7 nitrogen and oxygen atoms in total. The summed E-state index contributed by atoms with van der Waals surface area (Å²) in [5, 5.41) is 12.6. The van der Waals surface area contributed by atoms with Crippen LogP contribution in [0.25, 0.3) is 17.3 Å². The minimum atomic E-state index is -0.254. The normalized spacial score (nSPS) is 18.8. The number of benzene rings is 1. The Kier molecular flexibility index (Phi) is 6.91. The SMILES string of the molecule is C=N/C(=C\c1c(C)c(-c2cnn(C)c2)nn1C1CCC(Oc2ccc(F)cc2)CC1)NCC. The zero-order valence-corrected chi connectivity index (χ0v) is 19.5. The summed E-state index contributed by atoms with van der Waals surface area (Å²) in [6.07, 6.45) is 9.68. The summed E-state index contributed by atoms with van der Waals surface area (Å²) in [5.41, 5.74) is 4.04. The molecule has 1 aliphatic carbocycles. The Hall–Kier alpha value is -3.42. The Labute approximate surface area is 194 Å². The van der Waals surface area contributed by atoms with Gasteiger partial charge in [0.1, 0.15) is 17.4 Å². The Morgan fingerprint density at radius 2 is 2.00 bits per heavy atom. The van der Waals surface area contributed by atoms with E-state index in [1.165, 1.54) is 12.1 Å². The van der Waals surface area contributed by atoms with Crippen LogP contribution in [0.1, 0.15) is 49.9 Å². The van der Waals surface area contributed by atoms with Crippen LogP contribution in [-0.4, -0.2) is 38.9 Å². The van der Waals surface area contributed by atoms with Gasteiger partial charge in [0.2, 0.25) is 0 Å². The maximum atomic E-state index is 13.2. The third-order valence-corrected chi connectivity index (χ3v) is 6.08. The van der Waals surface area contributed by atoms with Crippen molar-refractivity contribution in [3.8, 4) is 17.0 Å². The fourth-order valence-electron chi connectivity index (χ4n) is 4.38. The van der Waals surface area contributed by atoms with E-state index in [1.807, 2.05) is 32.4 Å². The van der Waals surface area contributed by atoms with Gasteiger partial charge in [-0.3, -0.25) is 9.36 Å². The molecule has 1 aromatic carbocycles. The minimum Gasteiger partial charge on any atom is -0.490 e. The van der Waals surface area contributed by atoms with E-state index in [0.29, 0.717) is 5.75 Å². The summed E-state index contributed by atoms with van der Waals surface area (Å²) < 4.78 is 23.2. The average molecular weight is 451 g/mol. The predicted molar refractivity (Wildman–Crippen MR) is 129 cm³/mol. The third kappa shape index (κ3) is 5.16. The Bertz CT molecular complexity index is 1120. The molecule has 0 atom stereocenters. The first-order valence-corrected chi connectivity index (χ1v) is 11.4. The van der Waals surface area contributed by atoms with Crippen LogP contribution in [0, 0.1) is 12.7 Å². The molecule has 0 aliphatic heterocycles. The minimum absolute atomic E-state index is 0.118. The van der Waals surface area contributed by atoms with Crippen LogP contribution in [-0.2, 0) is 7.05 Å². The zero-order chi connectivity index (χ0) is 23.4. The lowest BCUT2D eigenvalue weighted by molar-refractivity contribution is 0.129. The number of hydrogen-bond donors (Lipinski definition) is 1. The van der Waals surface area contributed by atoms with Crippen molar-refractivity contribution in [1.82, 2.24) is 24.9 Å². The lowest BCUT2D eigenvalue weighted by Gasteiger charge is -2.30. The van der Waals surface area contributed by atoms with Gasteiger partial charge in [-0.2, -0.15) is 10.2 Å². The number of aromatic nitrogens is 4. The molecule has 3 aromatic rings. The van der Waals surface area contributed by atoms with Gasteiger partial charge in [-0.25, -0.2) is 9.38 Å². The lowest BCUT2D eigenvalue weighted by atomic mass is 9.92. The molecule has 174 valence electrons. The first kappa shape index (κ1) is 22.8. The average Bonchev–Trinajstić information content (AvgIpc) is 3.38. The van der Waals surface area contributed by atoms with Crippen LogP contribution in [0.3, 0.4) is 0 Å². The van der Waals surface area contributed by atoms with Gasteiger partial charge in [-0.1, -0.05) is 0 Å². The van der Waals surface area contributed by atoms with E-state index in [2.05, 4.69) is 33.7 Å². The third-order valence-electron chi connectivity index (χ3n) is 6.08. The van der Waals surface area contributed by atoms with E-state index in [1.54, 1.807) is 16.8 Å². The number of hydrogen-bond acceptors (Lipinski definition) is 5. The topological polar surface area (TPSA) is 69.3 Å². The Balaban J connectivity index is 1.58. The lowest BCUT2D eigenvalue weighted by Crippen LogP contribution is -2.27. The van der Waals surface area contributed by atoms with Gasteiger partial charge in [0.15, 0.2) is 0 Å². The monoisotopic (exact) mass is 450 g/mol. The Morgan fingerprint density at radius 1 is 1.27 bits per heavy atom.